The Bertz CT molecular complexity index is 1000. The summed E-state index contributed by atoms with van der Waals surface area (Å²) in [5, 5.41) is 11.2. The number of ether oxygens (including phenoxy) is 2. The lowest BCUT2D eigenvalue weighted by molar-refractivity contribution is -0.140. The van der Waals surface area contributed by atoms with Crippen LogP contribution in [0.15, 0.2) is 54.4 Å². The Balaban J connectivity index is 1.97. The van der Waals surface area contributed by atoms with Gasteiger partial charge in [0.2, 0.25) is 0 Å². The van der Waals surface area contributed by atoms with Crippen LogP contribution in [-0.4, -0.2) is 52.5 Å². The molecule has 0 radical (unpaired) electrons. The van der Waals surface area contributed by atoms with Crippen molar-refractivity contribution in [3.05, 3.63) is 65.5 Å². The zero-order valence-electron chi connectivity index (χ0n) is 19.7. The van der Waals surface area contributed by atoms with Gasteiger partial charge in [-0.3, -0.25) is 14.6 Å². The smallest absolute Gasteiger partial charge is 0.295 e. The Morgan fingerprint density at radius 2 is 1.85 bits per heavy atom. The van der Waals surface area contributed by atoms with Crippen molar-refractivity contribution in [2.24, 2.45) is 5.92 Å². The summed E-state index contributed by atoms with van der Waals surface area (Å²) in [5.41, 5.74) is 1.20. The van der Waals surface area contributed by atoms with Crippen LogP contribution < -0.4 is 4.74 Å². The molecule has 1 aliphatic heterocycles. The summed E-state index contributed by atoms with van der Waals surface area (Å²) < 4.78 is 11.4. The first-order valence-electron chi connectivity index (χ1n) is 11.3. The number of carbonyl (C=O) groups excluding carboxylic acids is 2. The molecule has 1 saturated heterocycles. The van der Waals surface area contributed by atoms with Gasteiger partial charge in [0.25, 0.3) is 11.7 Å². The molecule has 1 aromatic heterocycles. The molecule has 2 heterocycles. The maximum atomic E-state index is 13.1. The number of aliphatic hydroxyl groups is 1. The number of Topliss-reactive ketones (excluding diaryl/α,β-unsaturated/α-hetero) is 1. The molecule has 1 aliphatic rings. The van der Waals surface area contributed by atoms with E-state index in [1.54, 1.807) is 48.8 Å². The molecule has 0 bridgehead atoms. The quantitative estimate of drug-likeness (QED) is 0.249. The van der Waals surface area contributed by atoms with Crippen molar-refractivity contribution in [2.75, 3.05) is 19.8 Å². The third-order valence-corrected chi connectivity index (χ3v) is 5.25. The maximum absolute atomic E-state index is 13.1. The van der Waals surface area contributed by atoms with Crippen LogP contribution in [-0.2, 0) is 14.3 Å². The number of pyridine rings is 1. The van der Waals surface area contributed by atoms with Crippen LogP contribution in [0.2, 0.25) is 0 Å². The largest absolute Gasteiger partial charge is 0.507 e. The number of likely N-dealkylation sites (tertiary alicyclic amines) is 1. The second-order valence-electron chi connectivity index (χ2n) is 8.78. The van der Waals surface area contributed by atoms with E-state index in [0.29, 0.717) is 49.0 Å². The summed E-state index contributed by atoms with van der Waals surface area (Å²) in [6.07, 6.45) is 3.88. The highest BCUT2D eigenvalue weighted by atomic mass is 16.5. The number of amides is 1. The number of aliphatic hydroxyl groups excluding tert-OH is 1. The van der Waals surface area contributed by atoms with Gasteiger partial charge in [-0.1, -0.05) is 26.0 Å². The average Bonchev–Trinajstić information content (AvgIpc) is 3.05. The molecule has 2 aromatic rings. The average molecular weight is 453 g/mol. The zero-order chi connectivity index (χ0) is 24.0. The zero-order valence-corrected chi connectivity index (χ0v) is 19.7. The van der Waals surface area contributed by atoms with Crippen molar-refractivity contribution >= 4 is 17.4 Å². The van der Waals surface area contributed by atoms with Crippen LogP contribution in [0.25, 0.3) is 5.76 Å². The predicted octanol–water partition coefficient (Wildman–Crippen LogP) is 4.35. The normalized spacial score (nSPS) is 17.9. The van der Waals surface area contributed by atoms with E-state index in [2.05, 4.69) is 4.98 Å². The van der Waals surface area contributed by atoms with Gasteiger partial charge >= 0.3 is 0 Å². The Kier molecular flexibility index (Phi) is 8.22. The van der Waals surface area contributed by atoms with Gasteiger partial charge in [0.05, 0.1) is 24.3 Å². The molecular formula is C26H32N2O5. The summed E-state index contributed by atoms with van der Waals surface area (Å²) in [7, 11) is 0. The van der Waals surface area contributed by atoms with E-state index in [-0.39, 0.29) is 17.4 Å². The van der Waals surface area contributed by atoms with E-state index in [1.807, 2.05) is 27.7 Å². The Hall–Kier alpha value is -3.19. The number of aromatic nitrogens is 1. The molecule has 0 saturated carbocycles. The molecule has 7 heteroatoms. The van der Waals surface area contributed by atoms with Gasteiger partial charge in [-0.25, -0.2) is 0 Å². The highest BCUT2D eigenvalue weighted by Crippen LogP contribution is 2.39. The lowest BCUT2D eigenvalue weighted by atomic mass is 9.96. The fraction of sp³-hybridized carbons (Fsp3) is 0.423. The van der Waals surface area contributed by atoms with Crippen LogP contribution in [0.1, 0.15) is 51.3 Å². The number of nitrogens with zero attached hydrogens (tertiary/aromatic N) is 2. The summed E-state index contributed by atoms with van der Waals surface area (Å²) in [6, 6.07) is 9.74. The van der Waals surface area contributed by atoms with Crippen molar-refractivity contribution in [2.45, 2.75) is 46.3 Å². The lowest BCUT2D eigenvalue weighted by Crippen LogP contribution is -2.31. The first-order valence-corrected chi connectivity index (χ1v) is 11.3. The topological polar surface area (TPSA) is 89.0 Å². The van der Waals surface area contributed by atoms with Gasteiger partial charge < -0.3 is 19.5 Å². The van der Waals surface area contributed by atoms with Crippen molar-refractivity contribution in [3.63, 3.8) is 0 Å². The van der Waals surface area contributed by atoms with Gasteiger partial charge in [-0.2, -0.15) is 0 Å². The molecule has 1 unspecified atom stereocenters. The van der Waals surface area contributed by atoms with Crippen molar-refractivity contribution < 1.29 is 24.2 Å². The van der Waals surface area contributed by atoms with Gasteiger partial charge in [-0.15, -0.1) is 0 Å². The van der Waals surface area contributed by atoms with E-state index in [4.69, 9.17) is 9.47 Å². The van der Waals surface area contributed by atoms with Crippen LogP contribution in [0.5, 0.6) is 5.75 Å². The molecule has 33 heavy (non-hydrogen) atoms. The highest BCUT2D eigenvalue weighted by Gasteiger charge is 2.45. The molecule has 176 valence electrons. The third-order valence-electron chi connectivity index (χ3n) is 5.25. The predicted molar refractivity (Wildman–Crippen MR) is 126 cm³/mol. The minimum Gasteiger partial charge on any atom is -0.507 e. The van der Waals surface area contributed by atoms with Crippen molar-refractivity contribution in [1.82, 2.24) is 9.88 Å². The molecule has 3 rings (SSSR count). The highest BCUT2D eigenvalue weighted by molar-refractivity contribution is 6.46. The standard InChI is InChI=1S/C26H32N2O5/c1-17(2)16-33-21-8-5-7-20(15-21)24(29)22-23(19-9-11-27-12-10-19)28(26(31)25(22)30)13-6-14-32-18(3)4/h5,7-12,15,17-18,23,29H,6,13-14,16H2,1-4H3/b24-22-. The maximum Gasteiger partial charge on any atom is 0.295 e. The fourth-order valence-corrected chi connectivity index (χ4v) is 3.71. The number of ketones is 1. The monoisotopic (exact) mass is 452 g/mol. The van der Waals surface area contributed by atoms with Gasteiger partial charge in [-0.05, 0) is 56.0 Å². The van der Waals surface area contributed by atoms with Crippen LogP contribution in [0, 0.1) is 5.92 Å². The summed E-state index contributed by atoms with van der Waals surface area (Å²) in [4.78, 5) is 31.6. The first kappa shape index (κ1) is 24.5. The molecule has 1 fully saturated rings. The summed E-state index contributed by atoms with van der Waals surface area (Å²) in [6.45, 7) is 9.32. The van der Waals surface area contributed by atoms with E-state index in [0.717, 1.165) is 0 Å². The molecule has 1 N–H and O–H groups in total. The molecule has 0 spiro atoms. The van der Waals surface area contributed by atoms with Gasteiger partial charge in [0.15, 0.2) is 0 Å². The second-order valence-corrected chi connectivity index (χ2v) is 8.78. The van der Waals surface area contributed by atoms with E-state index in [1.165, 1.54) is 4.90 Å². The molecule has 1 amide bonds. The Morgan fingerprint density at radius 3 is 2.52 bits per heavy atom. The minimum absolute atomic E-state index is 0.0667. The van der Waals surface area contributed by atoms with E-state index in [9.17, 15) is 14.7 Å². The van der Waals surface area contributed by atoms with Crippen LogP contribution >= 0.6 is 0 Å². The fourth-order valence-electron chi connectivity index (χ4n) is 3.71. The summed E-state index contributed by atoms with van der Waals surface area (Å²) in [5.74, 6) is -0.610. The SMILES string of the molecule is CC(C)COc1cccc(/C(O)=C2/C(=O)C(=O)N(CCCOC(C)C)C2c2ccncc2)c1. The molecule has 0 aliphatic carbocycles. The minimum atomic E-state index is -0.702. The van der Waals surface area contributed by atoms with Crippen molar-refractivity contribution in [1.29, 1.82) is 0 Å². The molecular weight excluding hydrogens is 420 g/mol. The van der Waals surface area contributed by atoms with E-state index < -0.39 is 17.7 Å². The van der Waals surface area contributed by atoms with Crippen LogP contribution in [0.3, 0.4) is 0 Å². The number of benzene rings is 1. The number of hydrogen-bond donors (Lipinski definition) is 1. The molecule has 7 nitrogen and oxygen atoms in total. The molecule has 1 atom stereocenters. The van der Waals surface area contributed by atoms with Crippen LogP contribution in [0.4, 0.5) is 0 Å². The number of rotatable bonds is 10. The third kappa shape index (κ3) is 5.99. The second kappa shape index (κ2) is 11.1. The van der Waals surface area contributed by atoms with Crippen molar-refractivity contribution in [3.8, 4) is 5.75 Å². The number of hydrogen-bond acceptors (Lipinski definition) is 6. The van der Waals surface area contributed by atoms with Gasteiger partial charge in [0, 0.05) is 31.1 Å². The van der Waals surface area contributed by atoms with E-state index >= 15 is 0 Å². The molecule has 1 aromatic carbocycles. The summed E-state index contributed by atoms with van der Waals surface area (Å²) >= 11 is 0. The van der Waals surface area contributed by atoms with Gasteiger partial charge in [0.1, 0.15) is 11.5 Å². The Morgan fingerprint density at radius 1 is 1.12 bits per heavy atom. The Labute approximate surface area is 195 Å². The number of carbonyl (C=O) groups is 2. The first-order chi connectivity index (χ1) is 15.8. The lowest BCUT2D eigenvalue weighted by Gasteiger charge is -2.25.